The zero-order valence-electron chi connectivity index (χ0n) is 11.4. The molecule has 0 aliphatic heterocycles. The lowest BCUT2D eigenvalue weighted by Crippen LogP contribution is -2.34. The van der Waals surface area contributed by atoms with E-state index in [9.17, 15) is 9.18 Å². The molecule has 1 aromatic rings. The Morgan fingerprint density at radius 3 is 2.74 bits per heavy atom. The van der Waals surface area contributed by atoms with Gasteiger partial charge in [0.1, 0.15) is 11.9 Å². The quantitative estimate of drug-likeness (QED) is 0.751. The van der Waals surface area contributed by atoms with Crippen LogP contribution in [0, 0.1) is 11.7 Å². The van der Waals surface area contributed by atoms with Gasteiger partial charge in [0.25, 0.3) is 0 Å². The second-order valence-electron chi connectivity index (χ2n) is 5.15. The van der Waals surface area contributed by atoms with Crippen LogP contribution < -0.4 is 0 Å². The molecule has 1 aliphatic carbocycles. The highest BCUT2D eigenvalue weighted by Gasteiger charge is 2.30. The maximum absolute atomic E-state index is 13.2. The van der Waals surface area contributed by atoms with Crippen LogP contribution in [0.25, 0.3) is 0 Å². The van der Waals surface area contributed by atoms with Crippen LogP contribution in [0.2, 0.25) is 0 Å². The minimum atomic E-state index is -0.410. The molecule has 2 nitrogen and oxygen atoms in total. The maximum atomic E-state index is 13.2. The number of carbonyl (C=O) groups is 1. The summed E-state index contributed by atoms with van der Waals surface area (Å²) in [7, 11) is 0. The van der Waals surface area contributed by atoms with Gasteiger partial charge in [-0.3, -0.25) is 4.79 Å². The van der Waals surface area contributed by atoms with Crippen LogP contribution in [0.15, 0.2) is 24.3 Å². The van der Waals surface area contributed by atoms with Gasteiger partial charge in [-0.2, -0.15) is 0 Å². The first-order chi connectivity index (χ1) is 9.22. The molecule has 0 aromatic heterocycles. The summed E-state index contributed by atoms with van der Waals surface area (Å²) in [4.78, 5) is 12.5. The molecule has 0 bridgehead atoms. The van der Waals surface area contributed by atoms with E-state index in [1.165, 1.54) is 18.6 Å². The summed E-state index contributed by atoms with van der Waals surface area (Å²) < 4.78 is 18.9. The van der Waals surface area contributed by atoms with Gasteiger partial charge in [0.15, 0.2) is 5.78 Å². The van der Waals surface area contributed by atoms with Crippen LogP contribution in [-0.2, 0) is 4.74 Å². The number of ketones is 1. The number of ether oxygens (including phenoxy) is 1. The summed E-state index contributed by atoms with van der Waals surface area (Å²) in [5.74, 6) is -0.164. The molecule has 1 fully saturated rings. The average molecular weight is 264 g/mol. The van der Waals surface area contributed by atoms with Gasteiger partial charge >= 0.3 is 0 Å². The molecule has 0 radical (unpaired) electrons. The standard InChI is InChI=1S/C16H21FO2/c1-2-19-16(12-7-4-3-5-8-12)15(18)13-9-6-10-14(17)11-13/h6,9-12,16H,2-5,7-8H2,1H3. The Labute approximate surface area is 114 Å². The Morgan fingerprint density at radius 2 is 2.11 bits per heavy atom. The molecule has 1 saturated carbocycles. The molecule has 1 aromatic carbocycles. The van der Waals surface area contributed by atoms with Crippen molar-refractivity contribution in [1.29, 1.82) is 0 Å². The summed E-state index contributed by atoms with van der Waals surface area (Å²) in [6.45, 7) is 2.41. The van der Waals surface area contributed by atoms with E-state index in [-0.39, 0.29) is 17.5 Å². The lowest BCUT2D eigenvalue weighted by atomic mass is 9.82. The minimum Gasteiger partial charge on any atom is -0.370 e. The average Bonchev–Trinajstić information content (AvgIpc) is 2.45. The summed E-state index contributed by atoms with van der Waals surface area (Å²) in [5, 5.41) is 0. The Hall–Kier alpha value is -1.22. The highest BCUT2D eigenvalue weighted by molar-refractivity contribution is 5.99. The highest BCUT2D eigenvalue weighted by atomic mass is 19.1. The van der Waals surface area contributed by atoms with Crippen molar-refractivity contribution in [3.63, 3.8) is 0 Å². The van der Waals surface area contributed by atoms with E-state index < -0.39 is 6.10 Å². The Morgan fingerprint density at radius 1 is 1.37 bits per heavy atom. The Balaban J connectivity index is 2.15. The van der Waals surface area contributed by atoms with E-state index in [1.54, 1.807) is 12.1 Å². The second kappa shape index (κ2) is 6.80. The second-order valence-corrected chi connectivity index (χ2v) is 5.15. The monoisotopic (exact) mass is 264 g/mol. The normalized spacial score (nSPS) is 18.2. The number of hydrogen-bond donors (Lipinski definition) is 0. The molecule has 104 valence electrons. The predicted molar refractivity (Wildman–Crippen MR) is 72.7 cm³/mol. The van der Waals surface area contributed by atoms with Gasteiger partial charge in [0.2, 0.25) is 0 Å². The number of benzene rings is 1. The minimum absolute atomic E-state index is 0.0757. The van der Waals surface area contributed by atoms with E-state index in [2.05, 4.69) is 0 Å². The van der Waals surface area contributed by atoms with Crippen molar-refractivity contribution in [2.75, 3.05) is 6.61 Å². The van der Waals surface area contributed by atoms with Crippen molar-refractivity contribution in [3.05, 3.63) is 35.6 Å². The molecule has 1 unspecified atom stereocenters. The fraction of sp³-hybridized carbons (Fsp3) is 0.562. The van der Waals surface area contributed by atoms with Crippen molar-refractivity contribution in [2.45, 2.75) is 45.1 Å². The number of hydrogen-bond acceptors (Lipinski definition) is 2. The van der Waals surface area contributed by atoms with Crippen LogP contribution >= 0.6 is 0 Å². The molecular weight excluding hydrogens is 243 g/mol. The molecule has 1 atom stereocenters. The van der Waals surface area contributed by atoms with Crippen molar-refractivity contribution in [1.82, 2.24) is 0 Å². The number of carbonyl (C=O) groups excluding carboxylic acids is 1. The summed E-state index contributed by atoms with van der Waals surface area (Å²) in [6.07, 6.45) is 5.21. The van der Waals surface area contributed by atoms with Crippen LogP contribution in [-0.4, -0.2) is 18.5 Å². The van der Waals surface area contributed by atoms with Crippen LogP contribution in [0.1, 0.15) is 49.4 Å². The van der Waals surface area contributed by atoms with Gasteiger partial charge in [-0.15, -0.1) is 0 Å². The molecule has 2 rings (SSSR count). The molecule has 0 spiro atoms. The van der Waals surface area contributed by atoms with E-state index >= 15 is 0 Å². The molecule has 0 amide bonds. The Bertz CT molecular complexity index is 425. The van der Waals surface area contributed by atoms with Gasteiger partial charge in [0, 0.05) is 12.2 Å². The van der Waals surface area contributed by atoms with E-state index in [0.717, 1.165) is 25.7 Å². The Kier molecular flexibility index (Phi) is 5.08. The predicted octanol–water partition coefficient (Wildman–Crippen LogP) is 3.99. The van der Waals surface area contributed by atoms with Gasteiger partial charge in [-0.05, 0) is 37.8 Å². The van der Waals surface area contributed by atoms with E-state index in [1.807, 2.05) is 6.92 Å². The van der Waals surface area contributed by atoms with Crippen molar-refractivity contribution >= 4 is 5.78 Å². The van der Waals surface area contributed by atoms with Crippen LogP contribution in [0.4, 0.5) is 4.39 Å². The topological polar surface area (TPSA) is 26.3 Å². The van der Waals surface area contributed by atoms with Crippen LogP contribution in [0.3, 0.4) is 0 Å². The lowest BCUT2D eigenvalue weighted by molar-refractivity contribution is 0.0126. The van der Waals surface area contributed by atoms with E-state index in [0.29, 0.717) is 12.2 Å². The zero-order valence-corrected chi connectivity index (χ0v) is 11.4. The highest BCUT2D eigenvalue weighted by Crippen LogP contribution is 2.29. The van der Waals surface area contributed by atoms with Crippen LogP contribution in [0.5, 0.6) is 0 Å². The number of halogens is 1. The summed E-state index contributed by atoms with van der Waals surface area (Å²) >= 11 is 0. The third-order valence-electron chi connectivity index (χ3n) is 3.79. The maximum Gasteiger partial charge on any atom is 0.191 e. The largest absolute Gasteiger partial charge is 0.370 e. The zero-order chi connectivity index (χ0) is 13.7. The molecule has 3 heteroatoms. The molecular formula is C16H21FO2. The summed E-state index contributed by atoms with van der Waals surface area (Å²) in [6, 6.07) is 5.90. The van der Waals surface area contributed by atoms with E-state index in [4.69, 9.17) is 4.74 Å². The number of rotatable bonds is 5. The first-order valence-electron chi connectivity index (χ1n) is 7.13. The van der Waals surface area contributed by atoms with Gasteiger partial charge in [0.05, 0.1) is 0 Å². The molecule has 1 aliphatic rings. The fourth-order valence-corrected chi connectivity index (χ4v) is 2.85. The van der Waals surface area contributed by atoms with Gasteiger partial charge in [-0.25, -0.2) is 4.39 Å². The SMILES string of the molecule is CCOC(C(=O)c1cccc(F)c1)C1CCCCC1. The third-order valence-corrected chi connectivity index (χ3v) is 3.79. The molecule has 0 saturated heterocycles. The molecule has 19 heavy (non-hydrogen) atoms. The fourth-order valence-electron chi connectivity index (χ4n) is 2.85. The molecule has 0 heterocycles. The van der Waals surface area contributed by atoms with Crippen molar-refractivity contribution in [2.24, 2.45) is 5.92 Å². The first-order valence-corrected chi connectivity index (χ1v) is 7.13. The van der Waals surface area contributed by atoms with Crippen molar-refractivity contribution < 1.29 is 13.9 Å². The van der Waals surface area contributed by atoms with Gasteiger partial charge < -0.3 is 4.74 Å². The van der Waals surface area contributed by atoms with Gasteiger partial charge in [-0.1, -0.05) is 31.4 Å². The lowest BCUT2D eigenvalue weighted by Gasteiger charge is -2.29. The molecule has 0 N–H and O–H groups in total. The van der Waals surface area contributed by atoms with Crippen molar-refractivity contribution in [3.8, 4) is 0 Å². The third kappa shape index (κ3) is 3.63. The summed E-state index contributed by atoms with van der Waals surface area (Å²) in [5.41, 5.74) is 0.420. The first kappa shape index (κ1) is 14.2. The smallest absolute Gasteiger partial charge is 0.191 e. The number of Topliss-reactive ketones (excluding diaryl/α,β-unsaturated/α-hetero) is 1.